The minimum Gasteiger partial charge on any atom is -0.477 e. The van der Waals surface area contributed by atoms with E-state index in [0.717, 1.165) is 38.5 Å². The third-order valence-corrected chi connectivity index (χ3v) is 6.78. The Morgan fingerprint density at radius 3 is 1.82 bits per heavy atom. The second-order valence-electron chi connectivity index (χ2n) is 11.5. The van der Waals surface area contributed by atoms with E-state index in [2.05, 4.69) is 43.4 Å². The van der Waals surface area contributed by atoms with E-state index in [1.807, 2.05) is 21.1 Å². The summed E-state index contributed by atoms with van der Waals surface area (Å²) in [5.41, 5.74) is 0. The van der Waals surface area contributed by atoms with Crippen molar-refractivity contribution >= 4 is 11.9 Å². The summed E-state index contributed by atoms with van der Waals surface area (Å²) < 4.78 is 10.8. The Morgan fingerprint density at radius 2 is 1.27 bits per heavy atom. The number of likely N-dealkylation sites (N-methyl/N-ethyl adjacent to an activating group) is 1. The molecule has 232 valence electrons. The zero-order chi connectivity index (χ0) is 29.9. The van der Waals surface area contributed by atoms with E-state index in [9.17, 15) is 19.8 Å². The van der Waals surface area contributed by atoms with Gasteiger partial charge in [0.05, 0.1) is 34.4 Å². The van der Waals surface area contributed by atoms with Crippen molar-refractivity contribution < 1.29 is 33.8 Å². The lowest BCUT2D eigenvalue weighted by Crippen LogP contribution is -2.50. The molecule has 2 N–H and O–H groups in total. The average Bonchev–Trinajstić information content (AvgIpc) is 2.89. The standard InChI is InChI=1S/C33H59NO6/c1-5-6-7-8-9-10-11-12-13-14-15-16-17-18-19-20-21-22-23-24-25-32(36)40-29-30(35)28-39-27-26-31(33(37)38)34(2,3)4/h6-7,9-10,12-13,30-31,35H,5,8,11,14-29H2,1-4H3/p+1/b7-6+,10-9+,13-12+. The first-order valence-corrected chi connectivity index (χ1v) is 15.6. The fourth-order valence-electron chi connectivity index (χ4n) is 4.34. The zero-order valence-corrected chi connectivity index (χ0v) is 26.0. The van der Waals surface area contributed by atoms with Gasteiger partial charge >= 0.3 is 11.9 Å². The van der Waals surface area contributed by atoms with Gasteiger partial charge in [-0.05, 0) is 38.5 Å². The lowest BCUT2D eigenvalue weighted by Gasteiger charge is -2.31. The predicted octanol–water partition coefficient (Wildman–Crippen LogP) is 7.00. The van der Waals surface area contributed by atoms with Gasteiger partial charge in [0.2, 0.25) is 0 Å². The molecule has 0 spiro atoms. The topological polar surface area (TPSA) is 93.1 Å². The molecule has 0 saturated heterocycles. The van der Waals surface area contributed by atoms with Crippen molar-refractivity contribution in [3.8, 4) is 0 Å². The van der Waals surface area contributed by atoms with Crippen LogP contribution < -0.4 is 0 Å². The number of carboxylic acid groups (broad SMARTS) is 1. The molecule has 0 aliphatic heterocycles. The summed E-state index contributed by atoms with van der Waals surface area (Å²) in [5, 5.41) is 19.3. The van der Waals surface area contributed by atoms with Gasteiger partial charge in [-0.2, -0.15) is 0 Å². The molecule has 0 radical (unpaired) electrons. The fraction of sp³-hybridized carbons (Fsp3) is 0.758. The lowest BCUT2D eigenvalue weighted by molar-refractivity contribution is -0.887. The van der Waals surface area contributed by atoms with E-state index in [1.54, 1.807) is 0 Å². The molecular weight excluding hydrogens is 506 g/mol. The number of esters is 1. The molecule has 7 heteroatoms. The monoisotopic (exact) mass is 566 g/mol. The minimum absolute atomic E-state index is 0.0171. The van der Waals surface area contributed by atoms with Crippen molar-refractivity contribution in [2.75, 3.05) is 41.0 Å². The SMILES string of the molecule is CC/C=C/C/C=C/C/C=C/CCCCCCCCCCCCC(=O)OCC(O)COCCC(C(=O)O)[N+](C)(C)C. The van der Waals surface area contributed by atoms with Crippen molar-refractivity contribution in [1.82, 2.24) is 0 Å². The van der Waals surface area contributed by atoms with Crippen LogP contribution in [0.3, 0.4) is 0 Å². The summed E-state index contributed by atoms with van der Waals surface area (Å²) in [4.78, 5) is 23.2. The largest absolute Gasteiger partial charge is 0.477 e. The highest BCUT2D eigenvalue weighted by Gasteiger charge is 2.30. The third kappa shape index (κ3) is 25.0. The van der Waals surface area contributed by atoms with Crippen LogP contribution in [0.1, 0.15) is 110 Å². The number of carboxylic acids is 1. The Labute approximate surface area is 244 Å². The Bertz CT molecular complexity index is 710. The van der Waals surface area contributed by atoms with E-state index in [4.69, 9.17) is 9.47 Å². The molecule has 0 aromatic rings. The molecule has 0 aromatic carbocycles. The number of unbranched alkanes of at least 4 members (excludes halogenated alkanes) is 10. The molecule has 0 heterocycles. The number of carbonyl (C=O) groups excluding carboxylic acids is 1. The lowest BCUT2D eigenvalue weighted by atomic mass is 10.1. The fourth-order valence-corrected chi connectivity index (χ4v) is 4.34. The Kier molecular flexibility index (Phi) is 24.7. The maximum Gasteiger partial charge on any atom is 0.362 e. The average molecular weight is 567 g/mol. The smallest absolute Gasteiger partial charge is 0.362 e. The number of aliphatic hydroxyl groups is 1. The van der Waals surface area contributed by atoms with Crippen molar-refractivity contribution in [3.63, 3.8) is 0 Å². The molecule has 0 aromatic heterocycles. The molecule has 0 amide bonds. The predicted molar refractivity (Wildman–Crippen MR) is 164 cm³/mol. The van der Waals surface area contributed by atoms with Crippen molar-refractivity contribution in [2.45, 2.75) is 122 Å². The summed E-state index contributed by atoms with van der Waals surface area (Å²) in [6, 6.07) is -0.575. The number of carbonyl (C=O) groups is 2. The number of hydrogen-bond acceptors (Lipinski definition) is 5. The highest BCUT2D eigenvalue weighted by Crippen LogP contribution is 2.13. The maximum atomic E-state index is 11.9. The summed E-state index contributed by atoms with van der Waals surface area (Å²) >= 11 is 0. The van der Waals surface area contributed by atoms with Gasteiger partial charge in [0.1, 0.15) is 12.7 Å². The number of nitrogens with zero attached hydrogens (tertiary/aromatic N) is 1. The molecule has 0 saturated carbocycles. The summed E-state index contributed by atoms with van der Waals surface area (Å²) in [6.07, 6.45) is 29.6. The third-order valence-electron chi connectivity index (χ3n) is 6.78. The van der Waals surface area contributed by atoms with Gasteiger partial charge in [-0.25, -0.2) is 4.79 Å². The van der Waals surface area contributed by atoms with Crippen LogP contribution in [0.5, 0.6) is 0 Å². The van der Waals surface area contributed by atoms with Crippen molar-refractivity contribution in [3.05, 3.63) is 36.5 Å². The van der Waals surface area contributed by atoms with Gasteiger partial charge in [0.25, 0.3) is 0 Å². The molecule has 0 rings (SSSR count). The number of quaternary nitrogens is 1. The zero-order valence-electron chi connectivity index (χ0n) is 26.0. The molecule has 0 aliphatic rings. The summed E-state index contributed by atoms with van der Waals surface area (Å²) in [6.45, 7) is 2.31. The highest BCUT2D eigenvalue weighted by atomic mass is 16.5. The second-order valence-corrected chi connectivity index (χ2v) is 11.5. The van der Waals surface area contributed by atoms with Crippen LogP contribution in [0.2, 0.25) is 0 Å². The minimum atomic E-state index is -0.904. The van der Waals surface area contributed by atoms with Crippen LogP contribution in [0.25, 0.3) is 0 Å². The van der Waals surface area contributed by atoms with Gasteiger partial charge in [0.15, 0.2) is 6.04 Å². The number of allylic oxidation sites excluding steroid dienone is 6. The summed E-state index contributed by atoms with van der Waals surface area (Å²) in [7, 11) is 5.47. The molecule has 40 heavy (non-hydrogen) atoms. The van der Waals surface area contributed by atoms with Crippen LogP contribution in [0.15, 0.2) is 36.5 Å². The molecule has 0 fully saturated rings. The Balaban J connectivity index is 3.51. The molecule has 2 atom stereocenters. The number of aliphatic carboxylic acids is 1. The Morgan fingerprint density at radius 1 is 0.750 bits per heavy atom. The molecule has 0 bridgehead atoms. The van der Waals surface area contributed by atoms with E-state index >= 15 is 0 Å². The Hall–Kier alpha value is -1.96. The molecular formula is C33H60NO6+. The quantitative estimate of drug-likeness (QED) is 0.0481. The van der Waals surface area contributed by atoms with Crippen LogP contribution in [-0.4, -0.2) is 79.7 Å². The number of rotatable bonds is 27. The van der Waals surface area contributed by atoms with Crippen LogP contribution in [0.4, 0.5) is 0 Å². The van der Waals surface area contributed by atoms with Gasteiger partial charge in [0, 0.05) is 12.8 Å². The number of ether oxygens (including phenoxy) is 2. The van der Waals surface area contributed by atoms with Crippen molar-refractivity contribution in [2.24, 2.45) is 0 Å². The van der Waals surface area contributed by atoms with Gasteiger partial charge in [-0.3, -0.25) is 4.79 Å². The highest BCUT2D eigenvalue weighted by molar-refractivity contribution is 5.72. The van der Waals surface area contributed by atoms with Crippen LogP contribution >= 0.6 is 0 Å². The number of aliphatic hydroxyl groups excluding tert-OH is 1. The first-order chi connectivity index (χ1) is 19.2. The van der Waals surface area contributed by atoms with Gasteiger partial charge in [-0.15, -0.1) is 0 Å². The van der Waals surface area contributed by atoms with E-state index in [1.165, 1.54) is 51.4 Å². The van der Waals surface area contributed by atoms with Crippen LogP contribution in [-0.2, 0) is 19.1 Å². The van der Waals surface area contributed by atoms with Gasteiger partial charge in [-0.1, -0.05) is 94.7 Å². The molecule has 2 unspecified atom stereocenters. The van der Waals surface area contributed by atoms with Crippen molar-refractivity contribution in [1.29, 1.82) is 0 Å². The first kappa shape index (κ1) is 38.0. The molecule has 7 nitrogen and oxygen atoms in total. The number of hydrogen-bond donors (Lipinski definition) is 2. The van der Waals surface area contributed by atoms with Gasteiger partial charge < -0.3 is 24.2 Å². The maximum absolute atomic E-state index is 11.9. The second kappa shape index (κ2) is 26.0. The molecule has 0 aliphatic carbocycles. The van der Waals surface area contributed by atoms with E-state index < -0.39 is 18.1 Å². The van der Waals surface area contributed by atoms with Crippen LogP contribution in [0, 0.1) is 0 Å². The first-order valence-electron chi connectivity index (χ1n) is 15.6. The van der Waals surface area contributed by atoms with E-state index in [-0.39, 0.29) is 25.8 Å². The van der Waals surface area contributed by atoms with E-state index in [0.29, 0.717) is 17.3 Å². The normalized spacial score (nSPS) is 13.9. The summed E-state index contributed by atoms with van der Waals surface area (Å²) in [5.74, 6) is -1.16.